The van der Waals surface area contributed by atoms with Crippen LogP contribution in [0.15, 0.2) is 42.7 Å². The lowest BCUT2D eigenvalue weighted by atomic mass is 10.0. The minimum atomic E-state index is -0.157. The van der Waals surface area contributed by atoms with E-state index >= 15 is 0 Å². The van der Waals surface area contributed by atoms with Crippen LogP contribution in [0, 0.1) is 0 Å². The lowest BCUT2D eigenvalue weighted by Crippen LogP contribution is -2.43. The molecular formula is C27H27ClN6O3. The highest BCUT2D eigenvalue weighted by Crippen LogP contribution is 2.32. The van der Waals surface area contributed by atoms with Crippen LogP contribution in [0.5, 0.6) is 0 Å². The number of carbonyl (C=O) groups is 2. The molecular weight excluding hydrogens is 492 g/mol. The predicted octanol–water partition coefficient (Wildman–Crippen LogP) is 3.32. The monoisotopic (exact) mass is 518 g/mol. The molecule has 0 saturated carbocycles. The molecule has 0 atom stereocenters. The number of amides is 2. The minimum Gasteiger partial charge on any atom is -0.381 e. The Balaban J connectivity index is 1.16. The van der Waals surface area contributed by atoms with E-state index in [1.807, 2.05) is 30.3 Å². The Hall–Kier alpha value is -3.56. The number of rotatable bonds is 5. The molecule has 9 nitrogen and oxygen atoms in total. The van der Waals surface area contributed by atoms with Gasteiger partial charge >= 0.3 is 0 Å². The lowest BCUT2D eigenvalue weighted by molar-refractivity contribution is -0.132. The molecule has 6 rings (SSSR count). The Labute approximate surface area is 219 Å². The van der Waals surface area contributed by atoms with Crippen LogP contribution in [0.25, 0.3) is 11.3 Å². The van der Waals surface area contributed by atoms with Crippen molar-refractivity contribution in [3.05, 3.63) is 70.1 Å². The first kappa shape index (κ1) is 23.8. The van der Waals surface area contributed by atoms with E-state index in [0.717, 1.165) is 41.6 Å². The van der Waals surface area contributed by atoms with Crippen molar-refractivity contribution in [3.63, 3.8) is 0 Å². The van der Waals surface area contributed by atoms with E-state index in [0.29, 0.717) is 55.1 Å². The number of nitrogens with one attached hydrogen (secondary N) is 1. The van der Waals surface area contributed by atoms with Crippen LogP contribution in [0.2, 0.25) is 5.02 Å². The third-order valence-corrected chi connectivity index (χ3v) is 7.48. The normalized spacial score (nSPS) is 17.5. The summed E-state index contributed by atoms with van der Waals surface area (Å²) in [5, 5.41) is 3.78. The lowest BCUT2D eigenvalue weighted by Gasteiger charge is -2.29. The van der Waals surface area contributed by atoms with Gasteiger partial charge in [-0.05, 0) is 36.1 Å². The summed E-state index contributed by atoms with van der Waals surface area (Å²) in [6.45, 7) is 3.01. The molecule has 3 aliphatic rings. The summed E-state index contributed by atoms with van der Waals surface area (Å²) in [5.41, 5.74) is 4.88. The second-order valence-electron chi connectivity index (χ2n) is 9.63. The number of hydrogen-bond donors (Lipinski definition) is 1. The van der Waals surface area contributed by atoms with Gasteiger partial charge in [0.1, 0.15) is 6.54 Å². The summed E-state index contributed by atoms with van der Waals surface area (Å²) < 4.78 is 5.42. The highest BCUT2D eigenvalue weighted by atomic mass is 35.5. The van der Waals surface area contributed by atoms with Crippen LogP contribution in [0.3, 0.4) is 0 Å². The van der Waals surface area contributed by atoms with Gasteiger partial charge in [0, 0.05) is 68.3 Å². The molecule has 0 spiro atoms. The van der Waals surface area contributed by atoms with Crippen LogP contribution in [0.4, 0.5) is 5.95 Å². The third kappa shape index (κ3) is 4.89. The van der Waals surface area contributed by atoms with Gasteiger partial charge in [0.2, 0.25) is 11.9 Å². The maximum Gasteiger partial charge on any atom is 0.254 e. The minimum absolute atomic E-state index is 0.0475. The topological polar surface area (TPSA) is 101 Å². The molecule has 10 heteroatoms. The van der Waals surface area contributed by atoms with Crippen molar-refractivity contribution >= 4 is 29.4 Å². The van der Waals surface area contributed by atoms with Crippen molar-refractivity contribution in [1.82, 2.24) is 24.8 Å². The SMILES string of the molecule is O=C(CN1Cc2ccc(-c3nc(NC4CCOCC4)ncc3Cl)cc2C1=O)N1CCc2ncccc2C1. The maximum absolute atomic E-state index is 13.3. The average Bonchev–Trinajstić information content (AvgIpc) is 3.24. The van der Waals surface area contributed by atoms with Gasteiger partial charge in [-0.2, -0.15) is 0 Å². The molecule has 0 aliphatic carbocycles. The van der Waals surface area contributed by atoms with Gasteiger partial charge in [-0.25, -0.2) is 9.97 Å². The van der Waals surface area contributed by atoms with E-state index in [-0.39, 0.29) is 24.4 Å². The largest absolute Gasteiger partial charge is 0.381 e. The zero-order valence-electron chi connectivity index (χ0n) is 20.3. The highest BCUT2D eigenvalue weighted by molar-refractivity contribution is 6.33. The zero-order valence-corrected chi connectivity index (χ0v) is 21.1. The van der Waals surface area contributed by atoms with E-state index in [1.54, 1.807) is 22.2 Å². The van der Waals surface area contributed by atoms with Gasteiger partial charge in [0.05, 0.1) is 16.9 Å². The number of pyridine rings is 1. The third-order valence-electron chi connectivity index (χ3n) is 7.20. The van der Waals surface area contributed by atoms with Gasteiger partial charge in [0.15, 0.2) is 0 Å². The molecule has 0 radical (unpaired) electrons. The molecule has 0 bridgehead atoms. The fourth-order valence-corrected chi connectivity index (χ4v) is 5.34. The van der Waals surface area contributed by atoms with E-state index in [2.05, 4.69) is 20.3 Å². The molecule has 1 saturated heterocycles. The van der Waals surface area contributed by atoms with E-state index in [9.17, 15) is 9.59 Å². The first-order valence-corrected chi connectivity index (χ1v) is 12.9. The second kappa shape index (κ2) is 10.1. The molecule has 190 valence electrons. The number of halogens is 1. The van der Waals surface area contributed by atoms with E-state index in [1.165, 1.54) is 0 Å². The number of anilines is 1. The van der Waals surface area contributed by atoms with Crippen molar-refractivity contribution in [2.75, 3.05) is 31.6 Å². The number of benzene rings is 1. The standard InChI is InChI=1S/C27H27ClN6O3/c28-22-13-30-27(31-20-6-10-37-11-7-20)32-25(22)17-3-4-18-14-34(26(36)21(18)12-17)16-24(35)33-9-5-23-19(15-33)2-1-8-29-23/h1-4,8,12-13,20H,5-7,9-11,14-16H2,(H,30,31,32). The summed E-state index contributed by atoms with van der Waals surface area (Å²) in [6.07, 6.45) is 5.87. The molecule has 1 fully saturated rings. The number of fused-ring (bicyclic) bond motifs is 2. The van der Waals surface area contributed by atoms with Gasteiger partial charge in [-0.15, -0.1) is 0 Å². The van der Waals surface area contributed by atoms with Gasteiger partial charge < -0.3 is 19.9 Å². The van der Waals surface area contributed by atoms with Gasteiger partial charge in [-0.1, -0.05) is 29.8 Å². The molecule has 3 aliphatic heterocycles. The van der Waals surface area contributed by atoms with Crippen LogP contribution < -0.4 is 5.32 Å². The quantitative estimate of drug-likeness (QED) is 0.553. The summed E-state index contributed by atoms with van der Waals surface area (Å²) >= 11 is 6.46. The molecule has 2 amide bonds. The summed E-state index contributed by atoms with van der Waals surface area (Å²) in [6, 6.07) is 9.79. The van der Waals surface area contributed by atoms with Gasteiger partial charge in [-0.3, -0.25) is 14.6 Å². The van der Waals surface area contributed by atoms with Crippen LogP contribution >= 0.6 is 11.6 Å². The first-order valence-electron chi connectivity index (χ1n) is 12.5. The summed E-state index contributed by atoms with van der Waals surface area (Å²) in [7, 11) is 0. The number of ether oxygens (including phenoxy) is 1. The molecule has 1 N–H and O–H groups in total. The number of nitrogens with zero attached hydrogens (tertiary/aromatic N) is 5. The molecule has 5 heterocycles. The molecule has 2 aromatic heterocycles. The zero-order chi connectivity index (χ0) is 25.4. The Bertz CT molecular complexity index is 1360. The fourth-order valence-electron chi connectivity index (χ4n) is 5.14. The average molecular weight is 519 g/mol. The van der Waals surface area contributed by atoms with Crippen molar-refractivity contribution in [2.45, 2.75) is 38.4 Å². The Morgan fingerprint density at radius 3 is 2.86 bits per heavy atom. The highest BCUT2D eigenvalue weighted by Gasteiger charge is 2.31. The van der Waals surface area contributed by atoms with Crippen LogP contribution in [0.1, 0.15) is 40.0 Å². The maximum atomic E-state index is 13.3. The van der Waals surface area contributed by atoms with E-state index < -0.39 is 0 Å². The first-order chi connectivity index (χ1) is 18.0. The number of aromatic nitrogens is 3. The van der Waals surface area contributed by atoms with E-state index in [4.69, 9.17) is 16.3 Å². The summed E-state index contributed by atoms with van der Waals surface area (Å²) in [5.74, 6) is 0.289. The molecule has 3 aromatic rings. The Morgan fingerprint density at radius 1 is 1.14 bits per heavy atom. The number of hydrogen-bond acceptors (Lipinski definition) is 7. The van der Waals surface area contributed by atoms with Crippen molar-refractivity contribution < 1.29 is 14.3 Å². The molecule has 1 aromatic carbocycles. The number of carbonyl (C=O) groups excluding carboxylic acids is 2. The summed E-state index contributed by atoms with van der Waals surface area (Å²) in [4.78, 5) is 43.1. The molecule has 37 heavy (non-hydrogen) atoms. The smallest absolute Gasteiger partial charge is 0.254 e. The van der Waals surface area contributed by atoms with Crippen molar-refractivity contribution in [3.8, 4) is 11.3 Å². The van der Waals surface area contributed by atoms with Crippen molar-refractivity contribution in [1.29, 1.82) is 0 Å². The second-order valence-corrected chi connectivity index (χ2v) is 10.0. The predicted molar refractivity (Wildman–Crippen MR) is 138 cm³/mol. The van der Waals surface area contributed by atoms with Crippen LogP contribution in [-0.4, -0.2) is 68.9 Å². The Morgan fingerprint density at radius 2 is 2.00 bits per heavy atom. The van der Waals surface area contributed by atoms with Crippen molar-refractivity contribution in [2.24, 2.45) is 0 Å². The van der Waals surface area contributed by atoms with Crippen LogP contribution in [-0.2, 0) is 29.0 Å². The Kier molecular flexibility index (Phi) is 6.48. The molecule has 0 unspecified atom stereocenters. The van der Waals surface area contributed by atoms with Gasteiger partial charge in [0.25, 0.3) is 5.91 Å². The fraction of sp³-hybridized carbons (Fsp3) is 0.370.